The molecule has 1 atom stereocenters. The lowest BCUT2D eigenvalue weighted by Crippen LogP contribution is -2.47. The Morgan fingerprint density at radius 2 is 2.14 bits per heavy atom. The summed E-state index contributed by atoms with van der Waals surface area (Å²) in [5, 5.41) is 0.164. The summed E-state index contributed by atoms with van der Waals surface area (Å²) in [6.45, 7) is 2.48. The van der Waals surface area contributed by atoms with E-state index in [1.165, 1.54) is 38.3 Å². The lowest BCUT2D eigenvalue weighted by atomic mass is 10.1. The maximum absolute atomic E-state index is 13.9. The third-order valence-electron chi connectivity index (χ3n) is 4.41. The van der Waals surface area contributed by atoms with E-state index in [0.29, 0.717) is 25.3 Å². The SMILES string of the molecule is COc1cc(C(=O)N2CCOC(COc3ccc(C(C)=O)c(F)c3)C2)cc(Cl)n1. The molecule has 1 aliphatic rings. The quantitative estimate of drug-likeness (QED) is 0.526. The summed E-state index contributed by atoms with van der Waals surface area (Å²) >= 11 is 5.94. The average molecular weight is 423 g/mol. The van der Waals surface area contributed by atoms with Gasteiger partial charge in [0.15, 0.2) is 5.78 Å². The highest BCUT2D eigenvalue weighted by Crippen LogP contribution is 2.20. The molecule has 0 radical (unpaired) electrons. The zero-order valence-electron chi connectivity index (χ0n) is 16.0. The molecule has 1 unspecified atom stereocenters. The number of carbonyl (C=O) groups is 2. The maximum Gasteiger partial charge on any atom is 0.254 e. The van der Waals surface area contributed by atoms with Gasteiger partial charge in [0.25, 0.3) is 5.91 Å². The summed E-state index contributed by atoms with van der Waals surface area (Å²) in [7, 11) is 1.45. The summed E-state index contributed by atoms with van der Waals surface area (Å²) in [4.78, 5) is 29.7. The normalized spacial score (nSPS) is 16.4. The molecule has 1 fully saturated rings. The van der Waals surface area contributed by atoms with Gasteiger partial charge < -0.3 is 19.1 Å². The highest BCUT2D eigenvalue weighted by Gasteiger charge is 2.26. The van der Waals surface area contributed by atoms with Crippen molar-refractivity contribution >= 4 is 23.3 Å². The maximum atomic E-state index is 13.9. The summed E-state index contributed by atoms with van der Waals surface area (Å²) < 4.78 is 30.2. The minimum atomic E-state index is -0.639. The Kier molecular flexibility index (Phi) is 6.66. The van der Waals surface area contributed by atoms with Crippen molar-refractivity contribution < 1.29 is 28.2 Å². The number of aromatic nitrogens is 1. The molecule has 1 aromatic carbocycles. The van der Waals surface area contributed by atoms with Gasteiger partial charge in [-0.25, -0.2) is 9.37 Å². The van der Waals surface area contributed by atoms with E-state index in [-0.39, 0.29) is 46.7 Å². The summed E-state index contributed by atoms with van der Waals surface area (Å²) in [6.07, 6.45) is -0.387. The lowest BCUT2D eigenvalue weighted by Gasteiger charge is -2.33. The van der Waals surface area contributed by atoms with Crippen molar-refractivity contribution in [2.24, 2.45) is 0 Å². The molecule has 0 saturated carbocycles. The van der Waals surface area contributed by atoms with E-state index in [2.05, 4.69) is 4.98 Å². The van der Waals surface area contributed by atoms with Crippen molar-refractivity contribution in [2.75, 3.05) is 33.4 Å². The number of carbonyl (C=O) groups excluding carboxylic acids is 2. The first kappa shape index (κ1) is 21.0. The number of pyridine rings is 1. The van der Waals surface area contributed by atoms with Crippen LogP contribution in [0.1, 0.15) is 27.6 Å². The number of rotatable bonds is 6. The molecule has 29 heavy (non-hydrogen) atoms. The molecule has 0 N–H and O–H groups in total. The molecule has 7 nitrogen and oxygen atoms in total. The first-order chi connectivity index (χ1) is 13.9. The second-order valence-corrected chi connectivity index (χ2v) is 6.86. The molecule has 0 spiro atoms. The molecule has 3 rings (SSSR count). The summed E-state index contributed by atoms with van der Waals surface area (Å²) in [5.74, 6) is -0.681. The molecular weight excluding hydrogens is 403 g/mol. The molecule has 1 aromatic heterocycles. The van der Waals surface area contributed by atoms with Gasteiger partial charge in [0.05, 0.1) is 25.8 Å². The fourth-order valence-electron chi connectivity index (χ4n) is 2.95. The van der Waals surface area contributed by atoms with Gasteiger partial charge in [0.1, 0.15) is 29.4 Å². The molecule has 2 aromatic rings. The molecule has 154 valence electrons. The van der Waals surface area contributed by atoms with E-state index in [0.717, 1.165) is 6.07 Å². The Morgan fingerprint density at radius 1 is 1.34 bits per heavy atom. The fourth-order valence-corrected chi connectivity index (χ4v) is 3.15. The van der Waals surface area contributed by atoms with Crippen LogP contribution in [0.4, 0.5) is 4.39 Å². The second-order valence-electron chi connectivity index (χ2n) is 6.47. The van der Waals surface area contributed by atoms with E-state index < -0.39 is 5.82 Å². The first-order valence-electron chi connectivity index (χ1n) is 8.93. The van der Waals surface area contributed by atoms with Gasteiger partial charge in [-0.15, -0.1) is 0 Å². The highest BCUT2D eigenvalue weighted by atomic mass is 35.5. The van der Waals surface area contributed by atoms with Crippen LogP contribution in [0.3, 0.4) is 0 Å². The number of benzene rings is 1. The molecule has 9 heteroatoms. The average Bonchev–Trinajstić information content (AvgIpc) is 2.71. The Morgan fingerprint density at radius 3 is 2.83 bits per heavy atom. The molecular formula is C20H20ClFN2O5. The molecule has 1 aliphatic heterocycles. The monoisotopic (exact) mass is 422 g/mol. The van der Waals surface area contributed by atoms with E-state index in [1.807, 2.05) is 0 Å². The van der Waals surface area contributed by atoms with E-state index in [9.17, 15) is 14.0 Å². The predicted molar refractivity (Wildman–Crippen MR) is 103 cm³/mol. The van der Waals surface area contributed by atoms with Crippen molar-refractivity contribution in [3.8, 4) is 11.6 Å². The van der Waals surface area contributed by atoms with Crippen LogP contribution in [0.2, 0.25) is 5.15 Å². The van der Waals surface area contributed by atoms with Gasteiger partial charge in [-0.1, -0.05) is 11.6 Å². The first-order valence-corrected chi connectivity index (χ1v) is 9.31. The largest absolute Gasteiger partial charge is 0.491 e. The number of hydrogen-bond donors (Lipinski definition) is 0. The van der Waals surface area contributed by atoms with Crippen LogP contribution in [-0.2, 0) is 4.74 Å². The summed E-state index contributed by atoms with van der Waals surface area (Å²) in [5.41, 5.74) is 0.375. The smallest absolute Gasteiger partial charge is 0.254 e. The van der Waals surface area contributed by atoms with Crippen molar-refractivity contribution in [1.82, 2.24) is 9.88 Å². The Hall–Kier alpha value is -2.71. The topological polar surface area (TPSA) is 78.0 Å². The van der Waals surface area contributed by atoms with Crippen LogP contribution in [0, 0.1) is 5.82 Å². The van der Waals surface area contributed by atoms with Crippen LogP contribution in [0.15, 0.2) is 30.3 Å². The minimum absolute atomic E-state index is 0.00878. The summed E-state index contributed by atoms with van der Waals surface area (Å²) in [6, 6.07) is 7.07. The fraction of sp³-hybridized carbons (Fsp3) is 0.350. The third kappa shape index (κ3) is 5.21. The number of morpholine rings is 1. The number of halogens is 2. The molecule has 1 amide bonds. The van der Waals surface area contributed by atoms with Gasteiger partial charge in [-0.3, -0.25) is 9.59 Å². The van der Waals surface area contributed by atoms with Crippen LogP contribution in [-0.4, -0.2) is 61.1 Å². The molecule has 1 saturated heterocycles. The zero-order chi connectivity index (χ0) is 21.0. The van der Waals surface area contributed by atoms with Gasteiger partial charge in [0, 0.05) is 24.2 Å². The number of ketones is 1. The number of hydrogen-bond acceptors (Lipinski definition) is 6. The Labute approximate surface area is 172 Å². The molecule has 0 aliphatic carbocycles. The number of ether oxygens (including phenoxy) is 3. The van der Waals surface area contributed by atoms with Crippen LogP contribution in [0.25, 0.3) is 0 Å². The van der Waals surface area contributed by atoms with Crippen molar-refractivity contribution in [1.29, 1.82) is 0 Å². The number of nitrogens with zero attached hydrogens (tertiary/aromatic N) is 2. The van der Waals surface area contributed by atoms with Gasteiger partial charge in [-0.05, 0) is 25.1 Å². The van der Waals surface area contributed by atoms with E-state index in [1.54, 1.807) is 4.90 Å². The number of Topliss-reactive ketones (excluding diaryl/α,β-unsaturated/α-hetero) is 1. The highest BCUT2D eigenvalue weighted by molar-refractivity contribution is 6.29. The lowest BCUT2D eigenvalue weighted by molar-refractivity contribution is -0.0401. The predicted octanol–water partition coefficient (Wildman–Crippen LogP) is 3.01. The van der Waals surface area contributed by atoms with Crippen LogP contribution >= 0.6 is 11.6 Å². The van der Waals surface area contributed by atoms with Crippen molar-refractivity contribution in [2.45, 2.75) is 13.0 Å². The van der Waals surface area contributed by atoms with Gasteiger partial charge in [0.2, 0.25) is 5.88 Å². The second kappa shape index (κ2) is 9.19. The van der Waals surface area contributed by atoms with Crippen molar-refractivity contribution in [3.63, 3.8) is 0 Å². The molecule has 2 heterocycles. The number of amides is 1. The van der Waals surface area contributed by atoms with E-state index >= 15 is 0 Å². The van der Waals surface area contributed by atoms with Crippen molar-refractivity contribution in [3.05, 3.63) is 52.4 Å². The van der Waals surface area contributed by atoms with Crippen LogP contribution in [0.5, 0.6) is 11.6 Å². The third-order valence-corrected chi connectivity index (χ3v) is 4.60. The minimum Gasteiger partial charge on any atom is -0.491 e. The zero-order valence-corrected chi connectivity index (χ0v) is 16.7. The standard InChI is InChI=1S/C20H20ClFN2O5/c1-12(25)16-4-3-14(9-17(16)22)29-11-15-10-24(5-6-28-15)20(26)13-7-18(21)23-19(8-13)27-2/h3-4,7-9,15H,5-6,10-11H2,1-2H3. The Balaban J connectivity index is 1.62. The van der Waals surface area contributed by atoms with Crippen LogP contribution < -0.4 is 9.47 Å². The Bertz CT molecular complexity index is 924. The van der Waals surface area contributed by atoms with Gasteiger partial charge >= 0.3 is 0 Å². The number of methoxy groups -OCH3 is 1. The molecule has 0 bridgehead atoms. The van der Waals surface area contributed by atoms with Gasteiger partial charge in [-0.2, -0.15) is 0 Å². The van der Waals surface area contributed by atoms with E-state index in [4.69, 9.17) is 25.8 Å².